The lowest BCUT2D eigenvalue weighted by molar-refractivity contribution is -0.136. The van der Waals surface area contributed by atoms with E-state index in [4.69, 9.17) is 0 Å². The summed E-state index contributed by atoms with van der Waals surface area (Å²) < 4.78 is 13.0. The third-order valence-electron chi connectivity index (χ3n) is 5.12. The van der Waals surface area contributed by atoms with Crippen LogP contribution in [0.15, 0.2) is 24.3 Å². The van der Waals surface area contributed by atoms with Gasteiger partial charge >= 0.3 is 0 Å². The Morgan fingerprint density at radius 3 is 2.48 bits per heavy atom. The Balaban J connectivity index is 1.53. The third kappa shape index (κ3) is 3.90. The molecule has 2 saturated heterocycles. The topological polar surface area (TPSA) is 52.6 Å². The van der Waals surface area contributed by atoms with Crippen molar-refractivity contribution in [2.45, 2.75) is 44.2 Å². The van der Waals surface area contributed by atoms with Gasteiger partial charge in [0.2, 0.25) is 5.91 Å². The summed E-state index contributed by atoms with van der Waals surface area (Å²) in [4.78, 5) is 14.4. The van der Waals surface area contributed by atoms with Gasteiger partial charge in [-0.05, 0) is 55.8 Å². The molecule has 0 radical (unpaired) electrons. The summed E-state index contributed by atoms with van der Waals surface area (Å²) in [5, 5.41) is 13.8. The van der Waals surface area contributed by atoms with E-state index >= 15 is 0 Å². The van der Waals surface area contributed by atoms with Gasteiger partial charge in [0, 0.05) is 13.1 Å². The molecule has 4 nitrogen and oxygen atoms in total. The van der Waals surface area contributed by atoms with Crippen molar-refractivity contribution in [3.63, 3.8) is 0 Å². The maximum Gasteiger partial charge on any atom is 0.239 e. The van der Waals surface area contributed by atoms with Crippen molar-refractivity contribution >= 4 is 5.91 Å². The predicted molar refractivity (Wildman–Crippen MR) is 86.3 cm³/mol. The first-order valence-electron chi connectivity index (χ1n) is 8.61. The molecule has 0 bridgehead atoms. The zero-order chi connectivity index (χ0) is 16.2. The number of carbonyl (C=O) groups excluding carboxylic acids is 1. The Labute approximate surface area is 136 Å². The van der Waals surface area contributed by atoms with Crippen LogP contribution >= 0.6 is 0 Å². The first-order valence-corrected chi connectivity index (χ1v) is 8.61. The Bertz CT molecular complexity index is 520. The van der Waals surface area contributed by atoms with E-state index in [1.807, 2.05) is 4.90 Å². The number of nitrogens with zero attached hydrogens (tertiary/aromatic N) is 1. The second-order valence-corrected chi connectivity index (χ2v) is 6.66. The maximum absolute atomic E-state index is 13.0. The number of likely N-dealkylation sites (tertiary alicyclic amines) is 1. The lowest BCUT2D eigenvalue weighted by Crippen LogP contribution is -2.51. The fourth-order valence-corrected chi connectivity index (χ4v) is 3.65. The van der Waals surface area contributed by atoms with Crippen molar-refractivity contribution in [2.75, 3.05) is 19.6 Å². The van der Waals surface area contributed by atoms with E-state index in [-0.39, 0.29) is 23.7 Å². The van der Waals surface area contributed by atoms with E-state index in [1.54, 1.807) is 12.1 Å². The number of piperidine rings is 2. The van der Waals surface area contributed by atoms with Crippen LogP contribution in [0.1, 0.15) is 43.8 Å². The van der Waals surface area contributed by atoms with Gasteiger partial charge < -0.3 is 15.3 Å². The minimum absolute atomic E-state index is 0.0256. The van der Waals surface area contributed by atoms with Crippen LogP contribution in [0.3, 0.4) is 0 Å². The van der Waals surface area contributed by atoms with E-state index in [2.05, 4.69) is 5.32 Å². The van der Waals surface area contributed by atoms with Crippen LogP contribution in [0.25, 0.3) is 0 Å². The van der Waals surface area contributed by atoms with Gasteiger partial charge in [0.25, 0.3) is 0 Å². The molecule has 1 amide bonds. The number of halogens is 1. The van der Waals surface area contributed by atoms with Crippen LogP contribution in [0.4, 0.5) is 4.39 Å². The molecule has 0 aromatic heterocycles. The van der Waals surface area contributed by atoms with Gasteiger partial charge in [-0.15, -0.1) is 0 Å². The van der Waals surface area contributed by atoms with Gasteiger partial charge in [0.05, 0.1) is 12.1 Å². The minimum atomic E-state index is -0.583. The van der Waals surface area contributed by atoms with Crippen molar-refractivity contribution < 1.29 is 14.3 Å². The molecule has 2 fully saturated rings. The number of nitrogens with one attached hydrogen (secondary N) is 1. The van der Waals surface area contributed by atoms with Gasteiger partial charge in [0.1, 0.15) is 5.82 Å². The summed E-state index contributed by atoms with van der Waals surface area (Å²) in [6, 6.07) is 6.02. The zero-order valence-electron chi connectivity index (χ0n) is 13.4. The van der Waals surface area contributed by atoms with Gasteiger partial charge in [-0.3, -0.25) is 4.79 Å². The van der Waals surface area contributed by atoms with E-state index < -0.39 is 6.10 Å². The molecule has 0 saturated carbocycles. The fraction of sp³-hybridized carbons (Fsp3) is 0.611. The Hall–Kier alpha value is -1.46. The molecule has 1 aromatic rings. The molecule has 3 rings (SSSR count). The molecule has 2 aliphatic heterocycles. The van der Waals surface area contributed by atoms with Crippen LogP contribution in [-0.4, -0.2) is 41.6 Å². The van der Waals surface area contributed by atoms with Crippen LogP contribution in [0.5, 0.6) is 0 Å². The standard InChI is InChI=1S/C18H25FN2O2/c19-15-6-4-13(5-7-15)17(22)14-8-11-21(12-9-14)18(23)16-3-1-2-10-20-16/h4-7,14,16-17,20,22H,1-3,8-12H2/t16-,17-/m1/s1. The monoisotopic (exact) mass is 320 g/mol. The molecule has 0 unspecified atom stereocenters. The second-order valence-electron chi connectivity index (χ2n) is 6.66. The lowest BCUT2D eigenvalue weighted by atomic mass is 9.87. The minimum Gasteiger partial charge on any atom is -0.388 e. The van der Waals surface area contributed by atoms with Crippen LogP contribution in [0.2, 0.25) is 0 Å². The van der Waals surface area contributed by atoms with E-state index in [0.717, 1.165) is 44.2 Å². The van der Waals surface area contributed by atoms with Crippen LogP contribution in [-0.2, 0) is 4.79 Å². The first-order chi connectivity index (χ1) is 11.1. The molecule has 0 aliphatic carbocycles. The van der Waals surface area contributed by atoms with E-state index in [0.29, 0.717) is 13.1 Å². The van der Waals surface area contributed by atoms with Gasteiger partial charge in [-0.2, -0.15) is 0 Å². The highest BCUT2D eigenvalue weighted by Crippen LogP contribution is 2.31. The molecular weight excluding hydrogens is 295 g/mol. The second kappa shape index (κ2) is 7.41. The Kier molecular flexibility index (Phi) is 5.28. The normalized spacial score (nSPS) is 24.4. The zero-order valence-corrected chi connectivity index (χ0v) is 13.4. The molecule has 0 spiro atoms. The highest BCUT2D eigenvalue weighted by Gasteiger charge is 2.31. The van der Waals surface area contributed by atoms with Crippen LogP contribution < -0.4 is 5.32 Å². The maximum atomic E-state index is 13.0. The van der Waals surface area contributed by atoms with Crippen molar-refractivity contribution in [3.8, 4) is 0 Å². The predicted octanol–water partition coefficient (Wildman–Crippen LogP) is 2.24. The highest BCUT2D eigenvalue weighted by molar-refractivity contribution is 5.82. The van der Waals surface area contributed by atoms with Gasteiger partial charge in [0.15, 0.2) is 0 Å². The van der Waals surface area contributed by atoms with E-state index in [1.165, 1.54) is 12.1 Å². The molecule has 126 valence electrons. The Morgan fingerprint density at radius 1 is 1.17 bits per heavy atom. The number of amides is 1. The van der Waals surface area contributed by atoms with Crippen LogP contribution in [0, 0.1) is 11.7 Å². The number of aliphatic hydroxyl groups excluding tert-OH is 1. The molecule has 2 N–H and O–H groups in total. The summed E-state index contributed by atoms with van der Waals surface area (Å²) >= 11 is 0. The average molecular weight is 320 g/mol. The molecule has 2 atom stereocenters. The Morgan fingerprint density at radius 2 is 1.87 bits per heavy atom. The fourth-order valence-electron chi connectivity index (χ4n) is 3.65. The number of carbonyl (C=O) groups is 1. The summed E-state index contributed by atoms with van der Waals surface area (Å²) in [6.45, 7) is 2.32. The molecular formula is C18H25FN2O2. The van der Waals surface area contributed by atoms with Gasteiger partial charge in [-0.25, -0.2) is 4.39 Å². The third-order valence-corrected chi connectivity index (χ3v) is 5.12. The summed E-state index contributed by atoms with van der Waals surface area (Å²) in [6.07, 6.45) is 4.18. The molecule has 2 heterocycles. The lowest BCUT2D eigenvalue weighted by Gasteiger charge is -2.37. The number of benzene rings is 1. The van der Waals surface area contributed by atoms with E-state index in [9.17, 15) is 14.3 Å². The van der Waals surface area contributed by atoms with Crippen molar-refractivity contribution in [2.24, 2.45) is 5.92 Å². The molecule has 23 heavy (non-hydrogen) atoms. The molecule has 1 aromatic carbocycles. The molecule has 5 heteroatoms. The van der Waals surface area contributed by atoms with Gasteiger partial charge in [-0.1, -0.05) is 18.6 Å². The number of rotatable bonds is 3. The quantitative estimate of drug-likeness (QED) is 0.898. The molecule has 2 aliphatic rings. The summed E-state index contributed by atoms with van der Waals surface area (Å²) in [7, 11) is 0. The van der Waals surface area contributed by atoms with Crippen molar-refractivity contribution in [3.05, 3.63) is 35.6 Å². The van der Waals surface area contributed by atoms with Crippen molar-refractivity contribution in [1.29, 1.82) is 0 Å². The van der Waals surface area contributed by atoms with Crippen molar-refractivity contribution in [1.82, 2.24) is 10.2 Å². The summed E-state index contributed by atoms with van der Waals surface area (Å²) in [5.41, 5.74) is 0.755. The summed E-state index contributed by atoms with van der Waals surface area (Å²) in [5.74, 6) is 0.0459. The SMILES string of the molecule is O=C([C@H]1CCCCN1)N1CCC([C@H](O)c2ccc(F)cc2)CC1. The average Bonchev–Trinajstić information content (AvgIpc) is 2.62. The highest BCUT2D eigenvalue weighted by atomic mass is 19.1. The largest absolute Gasteiger partial charge is 0.388 e. The number of aliphatic hydroxyl groups is 1. The smallest absolute Gasteiger partial charge is 0.239 e. The first kappa shape index (κ1) is 16.4. The number of hydrogen-bond donors (Lipinski definition) is 2. The number of hydrogen-bond acceptors (Lipinski definition) is 3.